The van der Waals surface area contributed by atoms with E-state index in [-0.39, 0.29) is 11.5 Å². The molecule has 0 radical (unpaired) electrons. The minimum Gasteiger partial charge on any atom is -0.492 e. The average molecular weight is 644 g/mol. The highest BCUT2D eigenvalue weighted by Crippen LogP contribution is 2.31. The third-order valence-electron chi connectivity index (χ3n) is 7.59. The molecule has 46 heavy (non-hydrogen) atoms. The van der Waals surface area contributed by atoms with Crippen LogP contribution in [0.15, 0.2) is 59.3 Å². The largest absolute Gasteiger partial charge is 0.492 e. The number of alkyl halides is 3. The predicted octanol–water partition coefficient (Wildman–Crippen LogP) is 8.10. The zero-order chi connectivity index (χ0) is 34.3. The molecule has 254 valence electrons. The van der Waals surface area contributed by atoms with Crippen LogP contribution in [0, 0.1) is 5.41 Å². The zero-order valence-electron chi connectivity index (χ0n) is 28.4. The molecular weight excluding hydrogens is 591 g/mol. The van der Waals surface area contributed by atoms with Gasteiger partial charge in [0.1, 0.15) is 18.2 Å². The van der Waals surface area contributed by atoms with Crippen molar-refractivity contribution in [3.63, 3.8) is 0 Å². The van der Waals surface area contributed by atoms with Crippen LogP contribution in [0.2, 0.25) is 0 Å². The van der Waals surface area contributed by atoms with Gasteiger partial charge in [-0.15, -0.1) is 0 Å². The Morgan fingerprint density at radius 3 is 2.33 bits per heavy atom. The molecule has 4 rings (SSSR count). The molecule has 1 fully saturated rings. The molecule has 3 heterocycles. The van der Waals surface area contributed by atoms with Gasteiger partial charge in [0.2, 0.25) is 0 Å². The van der Waals surface area contributed by atoms with Crippen LogP contribution < -0.4 is 10.5 Å². The number of nitrogens with two attached hydrogens (primary N) is 1. The van der Waals surface area contributed by atoms with Crippen molar-refractivity contribution in [3.05, 3.63) is 76.0 Å². The van der Waals surface area contributed by atoms with Gasteiger partial charge in [0.15, 0.2) is 5.78 Å². The number of ketones is 1. The maximum Gasteiger partial charge on any atom is 0.416 e. The van der Waals surface area contributed by atoms with Crippen LogP contribution >= 0.6 is 0 Å². The lowest BCUT2D eigenvalue weighted by Crippen LogP contribution is -2.31. The van der Waals surface area contributed by atoms with E-state index in [4.69, 9.17) is 15.9 Å². The van der Waals surface area contributed by atoms with Gasteiger partial charge in [-0.25, -0.2) is 4.98 Å². The number of nitrogens with one attached hydrogen (secondary N) is 1. The van der Waals surface area contributed by atoms with Crippen LogP contribution in [0.5, 0.6) is 5.75 Å². The van der Waals surface area contributed by atoms with Crippen LogP contribution in [0.25, 0.3) is 0 Å². The average Bonchev–Trinajstić information content (AvgIpc) is 3.51. The van der Waals surface area contributed by atoms with Gasteiger partial charge in [-0.2, -0.15) is 13.2 Å². The minimum atomic E-state index is -4.31. The molecule has 3 N–H and O–H groups in total. The second-order valence-corrected chi connectivity index (χ2v) is 11.8. The number of aromatic nitrogens is 1. The maximum absolute atomic E-state index is 12.5. The molecule has 10 heteroatoms. The van der Waals surface area contributed by atoms with Crippen LogP contribution in [0.4, 0.5) is 19.0 Å². The molecule has 0 bridgehead atoms. The zero-order valence-corrected chi connectivity index (χ0v) is 28.4. The fraction of sp³-hybridized carbons (Fsp3) is 0.528. The summed E-state index contributed by atoms with van der Waals surface area (Å²) >= 11 is 0. The van der Waals surface area contributed by atoms with E-state index in [0.717, 1.165) is 75.4 Å². The number of allylic oxidation sites excluding steroid dienone is 2. The van der Waals surface area contributed by atoms with Crippen LogP contribution in [-0.2, 0) is 17.5 Å². The third kappa shape index (κ3) is 12.7. The highest BCUT2D eigenvalue weighted by molar-refractivity contribution is 6.00. The first-order valence-electron chi connectivity index (χ1n) is 16.2. The lowest BCUT2D eigenvalue weighted by Gasteiger charge is -2.30. The van der Waals surface area contributed by atoms with Gasteiger partial charge in [0.25, 0.3) is 0 Å². The number of nitrogen functional groups attached to an aromatic ring is 1. The van der Waals surface area contributed by atoms with Crippen molar-refractivity contribution in [3.8, 4) is 5.75 Å². The Kier molecular flexibility index (Phi) is 16.2. The first-order valence-corrected chi connectivity index (χ1v) is 16.2. The molecule has 0 spiro atoms. The van der Waals surface area contributed by atoms with Crippen molar-refractivity contribution >= 4 is 17.3 Å². The summed E-state index contributed by atoms with van der Waals surface area (Å²) < 4.78 is 42.8. The summed E-state index contributed by atoms with van der Waals surface area (Å²) in [6, 6.07) is 6.97. The van der Waals surface area contributed by atoms with Gasteiger partial charge in [0.05, 0.1) is 5.56 Å². The number of ether oxygens (including phenoxy) is 1. The van der Waals surface area contributed by atoms with E-state index >= 15 is 0 Å². The molecule has 0 aliphatic carbocycles. The Balaban J connectivity index is 0.000000308. The Morgan fingerprint density at radius 2 is 1.76 bits per heavy atom. The summed E-state index contributed by atoms with van der Waals surface area (Å²) in [5.74, 6) is 0.839. The molecule has 0 amide bonds. The van der Waals surface area contributed by atoms with Gasteiger partial charge in [-0.1, -0.05) is 44.9 Å². The van der Waals surface area contributed by atoms with Crippen LogP contribution in [0.1, 0.15) is 90.3 Å². The summed E-state index contributed by atoms with van der Waals surface area (Å²) in [5, 5.41) is 7.80. The molecule has 2 aliphatic rings. The number of hydrogen-bond donors (Lipinski definition) is 2. The molecular formula is C36H52F3N5O2. The smallest absolute Gasteiger partial charge is 0.416 e. The van der Waals surface area contributed by atoms with Crippen molar-refractivity contribution in [2.75, 3.05) is 45.1 Å². The van der Waals surface area contributed by atoms with Crippen molar-refractivity contribution in [1.29, 1.82) is 5.41 Å². The van der Waals surface area contributed by atoms with E-state index in [2.05, 4.69) is 42.5 Å². The standard InChI is InChI=1S/C20H28N4O.C13H16F3NO.C3H8/c1-5-6-18(15(4)25)17-7-8-24(11-13(17)2)12-16-9-19(14(3)21)20(22)23-10-16;14-13(15,16)11-4-3-5-12(10-11)18-9-8-17-6-1-2-7-17;1-3-2/h6,9-10,21H,5,7-8,11-12H2,1-4H3,(H2,22,23);3-5,10H,1-2,6-9H2;3H2,1-2H3/b18-6-,21-14?;;. The van der Waals surface area contributed by atoms with E-state index in [9.17, 15) is 18.0 Å². The second-order valence-electron chi connectivity index (χ2n) is 11.8. The summed E-state index contributed by atoms with van der Waals surface area (Å²) in [7, 11) is 0. The number of Topliss-reactive ketones (excluding diaryl/α,β-unsaturated/α-hetero) is 1. The molecule has 0 saturated carbocycles. The number of hydrogen-bond acceptors (Lipinski definition) is 7. The molecule has 1 aromatic carbocycles. The first kappa shape index (κ1) is 38.7. The van der Waals surface area contributed by atoms with E-state index in [1.165, 1.54) is 36.5 Å². The van der Waals surface area contributed by atoms with E-state index < -0.39 is 11.7 Å². The Labute approximate surface area is 273 Å². The van der Waals surface area contributed by atoms with Crippen molar-refractivity contribution in [2.24, 2.45) is 0 Å². The number of rotatable bonds is 10. The summed E-state index contributed by atoms with van der Waals surface area (Å²) in [6.45, 7) is 17.6. The van der Waals surface area contributed by atoms with Crippen LogP contribution in [0.3, 0.4) is 0 Å². The quantitative estimate of drug-likeness (QED) is 0.201. The number of likely N-dealkylation sites (tertiary alicyclic amines) is 1. The summed E-state index contributed by atoms with van der Waals surface area (Å²) in [4.78, 5) is 20.8. The fourth-order valence-electron chi connectivity index (χ4n) is 5.40. The van der Waals surface area contributed by atoms with E-state index in [1.807, 2.05) is 12.1 Å². The normalized spacial score (nSPS) is 15.9. The van der Waals surface area contributed by atoms with Gasteiger partial charge in [-0.05, 0) is 94.9 Å². The maximum atomic E-state index is 12.5. The van der Waals surface area contributed by atoms with E-state index in [0.29, 0.717) is 23.7 Å². The molecule has 1 aromatic heterocycles. The summed E-state index contributed by atoms with van der Waals surface area (Å²) in [6.07, 6.45) is 4.92. The molecule has 2 aliphatic heterocycles. The Hall–Kier alpha value is -3.50. The third-order valence-corrected chi connectivity index (χ3v) is 7.59. The van der Waals surface area contributed by atoms with Gasteiger partial charge < -0.3 is 15.9 Å². The van der Waals surface area contributed by atoms with Crippen LogP contribution in [-0.4, -0.2) is 65.6 Å². The minimum absolute atomic E-state index is 0.151. The monoisotopic (exact) mass is 643 g/mol. The molecule has 0 unspecified atom stereocenters. The van der Waals surface area contributed by atoms with Crippen molar-refractivity contribution in [2.45, 2.75) is 86.4 Å². The van der Waals surface area contributed by atoms with Gasteiger partial charge in [0, 0.05) is 49.2 Å². The van der Waals surface area contributed by atoms with Gasteiger partial charge >= 0.3 is 6.18 Å². The number of anilines is 1. The highest BCUT2D eigenvalue weighted by Gasteiger charge is 2.30. The first-order chi connectivity index (χ1) is 21.8. The highest BCUT2D eigenvalue weighted by atomic mass is 19.4. The number of benzene rings is 1. The number of nitrogens with zero attached hydrogens (tertiary/aromatic N) is 3. The number of carbonyl (C=O) groups excluding carboxylic acids is 1. The number of halogens is 3. The Bertz CT molecular complexity index is 1350. The van der Waals surface area contributed by atoms with Crippen molar-refractivity contribution < 1.29 is 22.7 Å². The topological polar surface area (TPSA) is 95.5 Å². The lowest BCUT2D eigenvalue weighted by molar-refractivity contribution is -0.137. The molecule has 0 atom stereocenters. The number of carbonyl (C=O) groups is 1. The SMILES string of the molecule is CC/C=C(/C(C)=O)C1=C(C)CN(Cc2cnc(N)c(C(C)=N)c2)CC1.CCC.FC(F)(F)c1cccc(OCCN2CCCC2)c1. The van der Waals surface area contributed by atoms with E-state index in [1.54, 1.807) is 26.1 Å². The lowest BCUT2D eigenvalue weighted by atomic mass is 9.91. The Morgan fingerprint density at radius 1 is 1.09 bits per heavy atom. The van der Waals surface area contributed by atoms with Gasteiger partial charge in [-0.3, -0.25) is 14.6 Å². The fourth-order valence-corrected chi connectivity index (χ4v) is 5.40. The van der Waals surface area contributed by atoms with Crippen molar-refractivity contribution in [1.82, 2.24) is 14.8 Å². The molecule has 2 aromatic rings. The summed E-state index contributed by atoms with van der Waals surface area (Å²) in [5.41, 5.74) is 10.7. The molecule has 1 saturated heterocycles. The number of pyridine rings is 1. The predicted molar refractivity (Wildman–Crippen MR) is 181 cm³/mol. The molecule has 7 nitrogen and oxygen atoms in total. The second kappa shape index (κ2) is 19.2.